The first-order valence-corrected chi connectivity index (χ1v) is 7.88. The van der Waals surface area contributed by atoms with E-state index in [1.807, 2.05) is 24.3 Å². The zero-order valence-corrected chi connectivity index (χ0v) is 12.6. The average Bonchev–Trinajstić information content (AvgIpc) is 2.49. The van der Waals surface area contributed by atoms with E-state index >= 15 is 0 Å². The smallest absolute Gasteiger partial charge is 0.118 e. The third kappa shape index (κ3) is 2.56. The predicted molar refractivity (Wildman–Crippen MR) is 81.5 cm³/mol. The fourth-order valence-corrected chi connectivity index (χ4v) is 3.96. The van der Waals surface area contributed by atoms with Crippen LogP contribution in [0.3, 0.4) is 0 Å². The topological polar surface area (TPSA) is 61.7 Å². The molecule has 0 radical (unpaired) electrons. The molecular weight excluding hydrogens is 266 g/mol. The molecule has 4 heteroatoms. The number of benzene rings is 1. The molecule has 1 heterocycles. The number of aliphatic hydroxyl groups is 2. The normalized spacial score (nSPS) is 36.0. The van der Waals surface area contributed by atoms with Gasteiger partial charge in [-0.15, -0.1) is 0 Å². The maximum Gasteiger partial charge on any atom is 0.118 e. The molecule has 21 heavy (non-hydrogen) atoms. The second-order valence-electron chi connectivity index (χ2n) is 6.47. The van der Waals surface area contributed by atoms with E-state index in [9.17, 15) is 10.2 Å². The molecule has 0 amide bonds. The molecule has 1 aromatic carbocycles. The Bertz CT molecular complexity index is 485. The van der Waals surface area contributed by atoms with Crippen LogP contribution in [0.25, 0.3) is 0 Å². The van der Waals surface area contributed by atoms with Gasteiger partial charge in [0, 0.05) is 6.04 Å². The zero-order valence-electron chi connectivity index (χ0n) is 12.6. The first-order valence-electron chi connectivity index (χ1n) is 7.88. The molecule has 0 bridgehead atoms. The van der Waals surface area contributed by atoms with Gasteiger partial charge in [-0.05, 0) is 49.9 Å². The quantitative estimate of drug-likeness (QED) is 0.792. The van der Waals surface area contributed by atoms with E-state index in [0.717, 1.165) is 37.1 Å². The molecule has 3 rings (SSSR count). The molecule has 2 aliphatic rings. The maximum absolute atomic E-state index is 11.1. The molecule has 1 aromatic rings. The summed E-state index contributed by atoms with van der Waals surface area (Å²) in [5.74, 6) is 0.836. The Balaban J connectivity index is 1.79. The number of fused-ring (bicyclic) bond motifs is 1. The number of nitrogens with one attached hydrogen (secondary N) is 1. The van der Waals surface area contributed by atoms with Gasteiger partial charge in [-0.3, -0.25) is 0 Å². The lowest BCUT2D eigenvalue weighted by Gasteiger charge is -2.54. The first kappa shape index (κ1) is 14.8. The third-order valence-electron chi connectivity index (χ3n) is 5.31. The van der Waals surface area contributed by atoms with Crippen LogP contribution in [0, 0.1) is 0 Å². The minimum Gasteiger partial charge on any atom is -0.497 e. The van der Waals surface area contributed by atoms with Crippen LogP contribution < -0.4 is 10.1 Å². The Kier molecular flexibility index (Phi) is 3.95. The van der Waals surface area contributed by atoms with Crippen molar-refractivity contribution < 1.29 is 14.9 Å². The zero-order chi connectivity index (χ0) is 14.9. The predicted octanol–water partition coefficient (Wildman–Crippen LogP) is 1.64. The van der Waals surface area contributed by atoms with E-state index in [0.29, 0.717) is 19.3 Å². The second-order valence-corrected chi connectivity index (χ2v) is 6.47. The molecule has 0 aromatic heterocycles. The molecular formula is C17H25NO3. The van der Waals surface area contributed by atoms with Crippen LogP contribution in [0.4, 0.5) is 0 Å². The number of hydrogen-bond acceptors (Lipinski definition) is 4. The van der Waals surface area contributed by atoms with Crippen molar-refractivity contribution in [3.63, 3.8) is 0 Å². The van der Waals surface area contributed by atoms with Crippen molar-refractivity contribution in [1.29, 1.82) is 0 Å². The highest BCUT2D eigenvalue weighted by atomic mass is 16.5. The molecule has 1 saturated heterocycles. The average molecular weight is 291 g/mol. The molecule has 0 spiro atoms. The Morgan fingerprint density at radius 3 is 2.57 bits per heavy atom. The van der Waals surface area contributed by atoms with Crippen LogP contribution in [-0.4, -0.2) is 41.1 Å². The largest absolute Gasteiger partial charge is 0.497 e. The van der Waals surface area contributed by atoms with E-state index in [1.165, 1.54) is 0 Å². The Labute approximate surface area is 126 Å². The molecule has 1 saturated carbocycles. The van der Waals surface area contributed by atoms with Crippen LogP contribution >= 0.6 is 0 Å². The van der Waals surface area contributed by atoms with Crippen LogP contribution in [0.1, 0.15) is 37.7 Å². The van der Waals surface area contributed by atoms with E-state index in [1.54, 1.807) is 7.11 Å². The highest BCUT2D eigenvalue weighted by Crippen LogP contribution is 2.44. The Hall–Kier alpha value is -1.10. The number of methoxy groups -OCH3 is 1. The lowest BCUT2D eigenvalue weighted by Crippen LogP contribution is -2.71. The summed E-state index contributed by atoms with van der Waals surface area (Å²) in [5, 5.41) is 25.4. The van der Waals surface area contributed by atoms with Gasteiger partial charge >= 0.3 is 0 Å². The van der Waals surface area contributed by atoms with Gasteiger partial charge in [-0.1, -0.05) is 25.0 Å². The molecule has 3 N–H and O–H groups in total. The van der Waals surface area contributed by atoms with E-state index < -0.39 is 11.2 Å². The summed E-state index contributed by atoms with van der Waals surface area (Å²) in [7, 11) is 1.66. The van der Waals surface area contributed by atoms with E-state index in [2.05, 4.69) is 5.32 Å². The van der Waals surface area contributed by atoms with Crippen molar-refractivity contribution in [3.05, 3.63) is 29.8 Å². The lowest BCUT2D eigenvalue weighted by molar-refractivity contribution is -0.207. The molecule has 2 unspecified atom stereocenters. The summed E-state index contributed by atoms with van der Waals surface area (Å²) < 4.78 is 5.18. The van der Waals surface area contributed by atoms with Crippen molar-refractivity contribution in [2.75, 3.05) is 13.7 Å². The summed E-state index contributed by atoms with van der Waals surface area (Å²) >= 11 is 0. The van der Waals surface area contributed by atoms with Crippen LogP contribution in [-0.2, 0) is 6.42 Å². The number of piperidine rings is 1. The van der Waals surface area contributed by atoms with Crippen molar-refractivity contribution >= 4 is 0 Å². The first-order chi connectivity index (χ1) is 10.1. The van der Waals surface area contributed by atoms with Crippen molar-refractivity contribution in [2.24, 2.45) is 0 Å². The number of ether oxygens (including phenoxy) is 1. The molecule has 1 aliphatic heterocycles. The summed E-state index contributed by atoms with van der Waals surface area (Å²) in [6.45, 7) is 0.764. The van der Waals surface area contributed by atoms with Gasteiger partial charge < -0.3 is 20.3 Å². The fraction of sp³-hybridized carbons (Fsp3) is 0.647. The summed E-state index contributed by atoms with van der Waals surface area (Å²) in [4.78, 5) is 0. The number of rotatable bonds is 3. The van der Waals surface area contributed by atoms with Crippen molar-refractivity contribution in [3.8, 4) is 5.75 Å². The van der Waals surface area contributed by atoms with Crippen LogP contribution in [0.2, 0.25) is 0 Å². The molecule has 1 aliphatic carbocycles. The van der Waals surface area contributed by atoms with Gasteiger partial charge in [-0.2, -0.15) is 0 Å². The van der Waals surface area contributed by atoms with Gasteiger partial charge in [-0.25, -0.2) is 0 Å². The summed E-state index contributed by atoms with van der Waals surface area (Å²) in [6.07, 6.45) is 4.75. The SMILES string of the molecule is COc1ccc(CC2NCCC3(O)CCCC[C@]23O)cc1. The van der Waals surface area contributed by atoms with Gasteiger partial charge in [0.2, 0.25) is 0 Å². The highest BCUT2D eigenvalue weighted by molar-refractivity contribution is 5.28. The fourth-order valence-electron chi connectivity index (χ4n) is 3.96. The molecule has 3 atom stereocenters. The van der Waals surface area contributed by atoms with Crippen molar-refractivity contribution in [1.82, 2.24) is 5.32 Å². The minimum absolute atomic E-state index is 0.0926. The highest BCUT2D eigenvalue weighted by Gasteiger charge is 2.56. The monoisotopic (exact) mass is 291 g/mol. The van der Waals surface area contributed by atoms with Crippen LogP contribution in [0.5, 0.6) is 5.75 Å². The minimum atomic E-state index is -1.01. The lowest BCUT2D eigenvalue weighted by atomic mass is 9.63. The maximum atomic E-state index is 11.1. The standard InChI is InChI=1S/C17H25NO3/c1-21-14-6-4-13(5-7-14)12-15-17(20)9-3-2-8-16(17,19)10-11-18-15/h4-7,15,18-20H,2-3,8-12H2,1H3/t15?,16?,17-/m0/s1. The van der Waals surface area contributed by atoms with Crippen LogP contribution in [0.15, 0.2) is 24.3 Å². The van der Waals surface area contributed by atoms with E-state index in [4.69, 9.17) is 4.74 Å². The summed E-state index contributed by atoms with van der Waals surface area (Å²) in [6, 6.07) is 7.84. The van der Waals surface area contributed by atoms with Gasteiger partial charge in [0.1, 0.15) is 11.4 Å². The summed E-state index contributed by atoms with van der Waals surface area (Å²) in [5.41, 5.74) is -0.784. The van der Waals surface area contributed by atoms with Gasteiger partial charge in [0.05, 0.1) is 12.7 Å². The molecule has 2 fully saturated rings. The second kappa shape index (κ2) is 5.59. The number of hydrogen-bond donors (Lipinski definition) is 3. The third-order valence-corrected chi connectivity index (χ3v) is 5.31. The Morgan fingerprint density at radius 1 is 1.14 bits per heavy atom. The Morgan fingerprint density at radius 2 is 1.86 bits per heavy atom. The van der Waals surface area contributed by atoms with E-state index in [-0.39, 0.29) is 6.04 Å². The van der Waals surface area contributed by atoms with Gasteiger partial charge in [0.15, 0.2) is 0 Å². The molecule has 4 nitrogen and oxygen atoms in total. The molecule has 116 valence electrons. The van der Waals surface area contributed by atoms with Gasteiger partial charge in [0.25, 0.3) is 0 Å². The van der Waals surface area contributed by atoms with Crippen molar-refractivity contribution in [2.45, 2.75) is 55.8 Å².